The Kier molecular flexibility index (Phi) is 4.87. The minimum absolute atomic E-state index is 0.166. The number of aryl methyl sites for hydroxylation is 1. The topological polar surface area (TPSA) is 69.6 Å². The van der Waals surface area contributed by atoms with Crippen LogP contribution in [0.3, 0.4) is 0 Å². The van der Waals surface area contributed by atoms with E-state index >= 15 is 0 Å². The maximum Gasteiger partial charge on any atom is 0.258 e. The highest BCUT2D eigenvalue weighted by Gasteiger charge is 2.21. The first-order valence-electron chi connectivity index (χ1n) is 7.83. The van der Waals surface area contributed by atoms with Crippen molar-refractivity contribution in [2.75, 3.05) is 14.2 Å². The molecule has 1 aromatic carbocycles. The van der Waals surface area contributed by atoms with E-state index < -0.39 is 0 Å². The van der Waals surface area contributed by atoms with Gasteiger partial charge >= 0.3 is 0 Å². The van der Waals surface area contributed by atoms with E-state index in [-0.39, 0.29) is 17.0 Å². The monoisotopic (exact) mass is 332 g/mol. The fraction of sp³-hybridized carbons (Fsp3) is 0.444. The van der Waals surface area contributed by atoms with Crippen molar-refractivity contribution in [3.8, 4) is 11.5 Å². The summed E-state index contributed by atoms with van der Waals surface area (Å²) < 4.78 is 12.1. The van der Waals surface area contributed by atoms with Crippen LogP contribution in [0, 0.1) is 0 Å². The number of carbonyl (C=O) groups is 1. The number of methoxy groups -OCH3 is 2. The Balaban J connectivity index is 2.80. The van der Waals surface area contributed by atoms with Crippen molar-refractivity contribution in [2.24, 2.45) is 0 Å². The first kappa shape index (κ1) is 17.8. The van der Waals surface area contributed by atoms with Gasteiger partial charge in [-0.2, -0.15) is 0 Å². The van der Waals surface area contributed by atoms with Gasteiger partial charge in [0.1, 0.15) is 0 Å². The molecule has 130 valence electrons. The van der Waals surface area contributed by atoms with Crippen molar-refractivity contribution in [1.29, 1.82) is 0 Å². The van der Waals surface area contributed by atoms with Gasteiger partial charge in [0.15, 0.2) is 11.5 Å². The summed E-state index contributed by atoms with van der Waals surface area (Å²) in [5, 5.41) is 3.91. The third kappa shape index (κ3) is 3.37. The van der Waals surface area contributed by atoms with Gasteiger partial charge in [0.25, 0.3) is 11.5 Å². The summed E-state index contributed by atoms with van der Waals surface area (Å²) in [6.45, 7) is 8.06. The minimum Gasteiger partial charge on any atom is -0.493 e. The van der Waals surface area contributed by atoms with Crippen LogP contribution in [-0.4, -0.2) is 30.2 Å². The highest BCUT2D eigenvalue weighted by Crippen LogP contribution is 2.32. The van der Waals surface area contributed by atoms with Gasteiger partial charge in [-0.3, -0.25) is 9.59 Å². The second-order valence-electron chi connectivity index (χ2n) is 6.59. The molecule has 0 unspecified atom stereocenters. The van der Waals surface area contributed by atoms with Crippen molar-refractivity contribution in [1.82, 2.24) is 9.88 Å². The summed E-state index contributed by atoms with van der Waals surface area (Å²) in [4.78, 5) is 25.3. The average Bonchev–Trinajstić information content (AvgIpc) is 2.52. The zero-order valence-electron chi connectivity index (χ0n) is 15.0. The summed E-state index contributed by atoms with van der Waals surface area (Å²) in [7, 11) is 3.03. The van der Waals surface area contributed by atoms with Crippen LogP contribution in [0.2, 0.25) is 0 Å². The van der Waals surface area contributed by atoms with Gasteiger partial charge in [-0.25, -0.2) is 0 Å². The number of benzene rings is 1. The van der Waals surface area contributed by atoms with Crippen molar-refractivity contribution in [3.05, 3.63) is 34.2 Å². The Morgan fingerprint density at radius 3 is 2.12 bits per heavy atom. The lowest BCUT2D eigenvalue weighted by Gasteiger charge is -2.22. The van der Waals surface area contributed by atoms with Crippen molar-refractivity contribution < 1.29 is 14.3 Å². The molecule has 1 heterocycles. The lowest BCUT2D eigenvalue weighted by Crippen LogP contribution is -2.41. The Morgan fingerprint density at radius 2 is 1.67 bits per heavy atom. The van der Waals surface area contributed by atoms with E-state index in [9.17, 15) is 9.59 Å². The summed E-state index contributed by atoms with van der Waals surface area (Å²) in [6.07, 6.45) is 1.59. The number of hydrogen-bond acceptors (Lipinski definition) is 4. The highest BCUT2D eigenvalue weighted by molar-refractivity contribution is 6.07. The van der Waals surface area contributed by atoms with Crippen molar-refractivity contribution in [3.63, 3.8) is 0 Å². The highest BCUT2D eigenvalue weighted by atomic mass is 16.5. The number of nitrogens with one attached hydrogen (secondary N) is 1. The number of amides is 1. The Morgan fingerprint density at radius 1 is 1.12 bits per heavy atom. The lowest BCUT2D eigenvalue weighted by atomic mass is 10.0. The standard InChI is InChI=1S/C18H24N2O4/c1-7-20-10-13(16(21)19-18(2,3)4)11-8-14(23-5)15(24-6)9-12(11)17(20)22/h8-10H,7H2,1-6H3,(H,19,21). The van der Waals surface area contributed by atoms with Crippen LogP contribution in [0.15, 0.2) is 23.1 Å². The SMILES string of the molecule is CCn1cc(C(=O)NC(C)(C)C)c2cc(OC)c(OC)cc2c1=O. The number of ether oxygens (including phenoxy) is 2. The average molecular weight is 332 g/mol. The molecule has 0 fully saturated rings. The van der Waals surface area contributed by atoms with Crippen LogP contribution < -0.4 is 20.3 Å². The number of pyridine rings is 1. The molecule has 0 radical (unpaired) electrons. The van der Waals surface area contributed by atoms with E-state index in [1.807, 2.05) is 27.7 Å². The molecule has 0 saturated carbocycles. The van der Waals surface area contributed by atoms with Crippen LogP contribution in [0.5, 0.6) is 11.5 Å². The largest absolute Gasteiger partial charge is 0.493 e. The molecule has 6 nitrogen and oxygen atoms in total. The van der Waals surface area contributed by atoms with Gasteiger partial charge in [0, 0.05) is 23.7 Å². The van der Waals surface area contributed by atoms with Gasteiger partial charge in [-0.1, -0.05) is 0 Å². The predicted molar refractivity (Wildman–Crippen MR) is 94.2 cm³/mol. The number of rotatable bonds is 4. The zero-order chi connectivity index (χ0) is 18.1. The quantitative estimate of drug-likeness (QED) is 0.934. The Bertz CT molecular complexity index is 831. The van der Waals surface area contributed by atoms with E-state index in [4.69, 9.17) is 9.47 Å². The fourth-order valence-corrected chi connectivity index (χ4v) is 2.54. The van der Waals surface area contributed by atoms with Crippen LogP contribution in [0.25, 0.3) is 10.8 Å². The molecule has 0 saturated heterocycles. The van der Waals surface area contributed by atoms with Gasteiger partial charge < -0.3 is 19.4 Å². The number of aromatic nitrogens is 1. The molecule has 1 aromatic heterocycles. The van der Waals surface area contributed by atoms with E-state index in [0.29, 0.717) is 34.4 Å². The smallest absolute Gasteiger partial charge is 0.258 e. The van der Waals surface area contributed by atoms with Crippen LogP contribution in [-0.2, 0) is 6.54 Å². The van der Waals surface area contributed by atoms with E-state index in [1.54, 1.807) is 18.3 Å². The van der Waals surface area contributed by atoms with Crippen molar-refractivity contribution in [2.45, 2.75) is 39.8 Å². The first-order valence-corrected chi connectivity index (χ1v) is 7.83. The number of fused-ring (bicyclic) bond motifs is 1. The number of nitrogens with zero attached hydrogens (tertiary/aromatic N) is 1. The Labute approximate surface area is 141 Å². The van der Waals surface area contributed by atoms with Crippen LogP contribution in [0.4, 0.5) is 0 Å². The predicted octanol–water partition coefficient (Wildman–Crippen LogP) is 2.57. The van der Waals surface area contributed by atoms with Gasteiger partial charge in [-0.15, -0.1) is 0 Å². The van der Waals surface area contributed by atoms with E-state index in [1.165, 1.54) is 18.8 Å². The molecule has 1 amide bonds. The molecule has 24 heavy (non-hydrogen) atoms. The zero-order valence-corrected chi connectivity index (χ0v) is 15.0. The molecule has 0 bridgehead atoms. The summed E-state index contributed by atoms with van der Waals surface area (Å²) in [5.41, 5.74) is -0.115. The maximum absolute atomic E-state index is 12.7. The molecule has 0 aliphatic heterocycles. The maximum atomic E-state index is 12.7. The summed E-state index contributed by atoms with van der Waals surface area (Å²) >= 11 is 0. The molecule has 6 heteroatoms. The second-order valence-corrected chi connectivity index (χ2v) is 6.59. The third-order valence-corrected chi connectivity index (χ3v) is 3.66. The molecule has 2 aromatic rings. The summed E-state index contributed by atoms with van der Waals surface area (Å²) in [5.74, 6) is 0.698. The molecular weight excluding hydrogens is 308 g/mol. The molecule has 0 aliphatic carbocycles. The normalized spacial score (nSPS) is 11.4. The number of hydrogen-bond donors (Lipinski definition) is 1. The fourth-order valence-electron chi connectivity index (χ4n) is 2.54. The van der Waals surface area contributed by atoms with Gasteiger partial charge in [-0.05, 0) is 39.8 Å². The van der Waals surface area contributed by atoms with Crippen molar-refractivity contribution >= 4 is 16.7 Å². The Hall–Kier alpha value is -2.50. The second kappa shape index (κ2) is 6.55. The molecule has 1 N–H and O–H groups in total. The van der Waals surface area contributed by atoms with Gasteiger partial charge in [0.05, 0.1) is 25.2 Å². The molecule has 0 atom stereocenters. The minimum atomic E-state index is -0.382. The van der Waals surface area contributed by atoms with Crippen LogP contribution in [0.1, 0.15) is 38.1 Å². The van der Waals surface area contributed by atoms with Gasteiger partial charge in [0.2, 0.25) is 0 Å². The lowest BCUT2D eigenvalue weighted by molar-refractivity contribution is 0.0920. The molecular formula is C18H24N2O4. The first-order chi connectivity index (χ1) is 11.2. The third-order valence-electron chi connectivity index (χ3n) is 3.66. The molecule has 0 spiro atoms. The van der Waals surface area contributed by atoms with Crippen LogP contribution >= 0.6 is 0 Å². The summed E-state index contributed by atoms with van der Waals surface area (Å²) in [6, 6.07) is 3.30. The molecule has 2 rings (SSSR count). The van der Waals surface area contributed by atoms with E-state index in [0.717, 1.165) is 0 Å². The number of carbonyl (C=O) groups excluding carboxylic acids is 1. The van der Waals surface area contributed by atoms with E-state index in [2.05, 4.69) is 5.32 Å². The molecule has 0 aliphatic rings.